The molecule has 0 saturated heterocycles. The van der Waals surface area contributed by atoms with E-state index in [2.05, 4.69) is 36.2 Å². The molecule has 0 radical (unpaired) electrons. The Morgan fingerprint density at radius 1 is 1.11 bits per heavy atom. The number of para-hydroxylation sites is 1. The molecular formula is C15H19NOS. The van der Waals surface area contributed by atoms with Gasteiger partial charge in [-0.25, -0.2) is 4.98 Å². The third-order valence-electron chi connectivity index (χ3n) is 2.69. The van der Waals surface area contributed by atoms with Gasteiger partial charge in [-0.2, -0.15) is 0 Å². The lowest BCUT2D eigenvalue weighted by Crippen LogP contribution is -1.99. The fourth-order valence-electron chi connectivity index (χ4n) is 1.68. The number of hydrogen-bond donors (Lipinski definition) is 0. The molecule has 0 amide bonds. The maximum atomic E-state index is 5.53. The topological polar surface area (TPSA) is 22.1 Å². The molecule has 0 bridgehead atoms. The number of fused-ring (bicyclic) bond motifs is 1. The summed E-state index contributed by atoms with van der Waals surface area (Å²) in [5.41, 5.74) is 1.06. The zero-order chi connectivity index (χ0) is 12.6. The molecule has 3 heteroatoms. The first-order valence-electron chi connectivity index (χ1n) is 6.46. The van der Waals surface area contributed by atoms with Gasteiger partial charge in [0, 0.05) is 17.7 Å². The lowest BCUT2D eigenvalue weighted by molar-refractivity contribution is 0.147. The summed E-state index contributed by atoms with van der Waals surface area (Å²) in [5.74, 6) is 0.967. The first-order valence-corrected chi connectivity index (χ1v) is 7.45. The van der Waals surface area contributed by atoms with Gasteiger partial charge < -0.3 is 4.74 Å². The molecule has 2 aromatic rings. The molecule has 1 aromatic carbocycles. The lowest BCUT2D eigenvalue weighted by Gasteiger charge is -2.04. The number of unbranched alkanes of at least 4 members (excludes halogenated alkanes) is 1. The maximum Gasteiger partial charge on any atom is 0.0968 e. The molecule has 0 unspecified atom stereocenters. The van der Waals surface area contributed by atoms with Gasteiger partial charge in [0.25, 0.3) is 0 Å². The summed E-state index contributed by atoms with van der Waals surface area (Å²) in [6.45, 7) is 3.86. The van der Waals surface area contributed by atoms with Crippen LogP contribution >= 0.6 is 11.8 Å². The van der Waals surface area contributed by atoms with Gasteiger partial charge in [-0.1, -0.05) is 37.6 Å². The monoisotopic (exact) mass is 261 g/mol. The van der Waals surface area contributed by atoms with Gasteiger partial charge in [0.15, 0.2) is 0 Å². The minimum Gasteiger partial charge on any atom is -0.381 e. The Balaban J connectivity index is 1.81. The molecule has 18 heavy (non-hydrogen) atoms. The van der Waals surface area contributed by atoms with Gasteiger partial charge in [-0.05, 0) is 18.6 Å². The van der Waals surface area contributed by atoms with Crippen LogP contribution in [0, 0.1) is 0 Å². The highest BCUT2D eigenvalue weighted by molar-refractivity contribution is 7.99. The lowest BCUT2D eigenvalue weighted by atomic mass is 10.2. The van der Waals surface area contributed by atoms with E-state index in [-0.39, 0.29) is 0 Å². The fraction of sp³-hybridized carbons (Fsp3) is 0.400. The van der Waals surface area contributed by atoms with Crippen molar-refractivity contribution in [3.8, 4) is 0 Å². The Hall–Kier alpha value is -1.06. The summed E-state index contributed by atoms with van der Waals surface area (Å²) in [4.78, 5) is 4.62. The van der Waals surface area contributed by atoms with E-state index in [0.29, 0.717) is 0 Å². The number of hydrogen-bond acceptors (Lipinski definition) is 3. The quantitative estimate of drug-likeness (QED) is 0.552. The Morgan fingerprint density at radius 2 is 2.00 bits per heavy atom. The van der Waals surface area contributed by atoms with Crippen molar-refractivity contribution in [2.45, 2.75) is 24.8 Å². The maximum absolute atomic E-state index is 5.53. The largest absolute Gasteiger partial charge is 0.381 e. The molecule has 0 atom stereocenters. The number of nitrogens with zero attached hydrogens (tertiary/aromatic N) is 1. The predicted octanol–water partition coefficient (Wildman–Crippen LogP) is 4.14. The average molecular weight is 261 g/mol. The Bertz CT molecular complexity index is 487. The van der Waals surface area contributed by atoms with E-state index in [1.54, 1.807) is 11.8 Å². The predicted molar refractivity (Wildman–Crippen MR) is 78.2 cm³/mol. The first-order chi connectivity index (χ1) is 8.90. The molecule has 0 aliphatic rings. The number of pyridine rings is 1. The molecule has 0 saturated carbocycles. The van der Waals surface area contributed by atoms with Crippen molar-refractivity contribution in [3.63, 3.8) is 0 Å². The minimum atomic E-state index is 0.805. The molecule has 1 heterocycles. The summed E-state index contributed by atoms with van der Waals surface area (Å²) >= 11 is 1.76. The molecule has 0 aliphatic heterocycles. The molecule has 0 N–H and O–H groups in total. The first kappa shape index (κ1) is 13.4. The second kappa shape index (κ2) is 7.39. The van der Waals surface area contributed by atoms with Gasteiger partial charge in [-0.3, -0.25) is 0 Å². The smallest absolute Gasteiger partial charge is 0.0968 e. The van der Waals surface area contributed by atoms with Crippen molar-refractivity contribution < 1.29 is 4.74 Å². The highest BCUT2D eigenvalue weighted by Gasteiger charge is 1.98. The molecule has 0 aliphatic carbocycles. The van der Waals surface area contributed by atoms with Crippen LogP contribution in [0.5, 0.6) is 0 Å². The van der Waals surface area contributed by atoms with Crippen molar-refractivity contribution in [1.29, 1.82) is 0 Å². The average Bonchev–Trinajstić information content (AvgIpc) is 2.42. The van der Waals surface area contributed by atoms with E-state index in [0.717, 1.165) is 35.9 Å². The standard InChI is InChI=1S/C15H19NOS/c1-2-3-10-17-11-12-18-15-9-8-13-6-4-5-7-14(13)16-15/h4-9H,2-3,10-12H2,1H3. The Morgan fingerprint density at radius 3 is 2.89 bits per heavy atom. The highest BCUT2D eigenvalue weighted by Crippen LogP contribution is 2.19. The summed E-state index contributed by atoms with van der Waals surface area (Å²) in [6, 6.07) is 12.4. The number of ether oxygens (including phenoxy) is 1. The van der Waals surface area contributed by atoms with Crippen LogP contribution in [-0.2, 0) is 4.74 Å². The SMILES string of the molecule is CCCCOCCSc1ccc2ccccc2n1. The van der Waals surface area contributed by atoms with Gasteiger partial charge in [0.1, 0.15) is 0 Å². The van der Waals surface area contributed by atoms with Crippen LogP contribution in [0.15, 0.2) is 41.4 Å². The summed E-state index contributed by atoms with van der Waals surface area (Å²) in [6.07, 6.45) is 2.35. The molecule has 2 nitrogen and oxygen atoms in total. The number of aromatic nitrogens is 1. The fourth-order valence-corrected chi connectivity index (χ4v) is 2.42. The third kappa shape index (κ3) is 4.00. The highest BCUT2D eigenvalue weighted by atomic mass is 32.2. The van der Waals surface area contributed by atoms with E-state index < -0.39 is 0 Å². The van der Waals surface area contributed by atoms with Crippen LogP contribution in [0.4, 0.5) is 0 Å². The van der Waals surface area contributed by atoms with Crippen LogP contribution < -0.4 is 0 Å². The number of thioether (sulfide) groups is 1. The zero-order valence-corrected chi connectivity index (χ0v) is 11.6. The van der Waals surface area contributed by atoms with E-state index in [4.69, 9.17) is 4.74 Å². The van der Waals surface area contributed by atoms with Crippen LogP contribution in [0.2, 0.25) is 0 Å². The van der Waals surface area contributed by atoms with Crippen molar-refractivity contribution in [3.05, 3.63) is 36.4 Å². The third-order valence-corrected chi connectivity index (χ3v) is 3.59. The van der Waals surface area contributed by atoms with Crippen molar-refractivity contribution in [2.24, 2.45) is 0 Å². The molecular weight excluding hydrogens is 242 g/mol. The number of benzene rings is 1. The van der Waals surface area contributed by atoms with Crippen LogP contribution in [0.25, 0.3) is 10.9 Å². The molecule has 2 rings (SSSR count). The molecule has 0 spiro atoms. The summed E-state index contributed by atoms with van der Waals surface area (Å²) in [5, 5.41) is 2.27. The van der Waals surface area contributed by atoms with Gasteiger partial charge in [0.2, 0.25) is 0 Å². The van der Waals surface area contributed by atoms with Gasteiger partial charge >= 0.3 is 0 Å². The molecule has 0 fully saturated rings. The normalized spacial score (nSPS) is 10.9. The van der Waals surface area contributed by atoms with E-state index in [1.807, 2.05) is 12.1 Å². The van der Waals surface area contributed by atoms with Crippen molar-refractivity contribution >= 4 is 22.7 Å². The van der Waals surface area contributed by atoms with Crippen LogP contribution in [-0.4, -0.2) is 24.0 Å². The Labute approximate surface area is 113 Å². The number of rotatable bonds is 7. The second-order valence-corrected chi connectivity index (χ2v) is 5.27. The summed E-state index contributed by atoms with van der Waals surface area (Å²) < 4.78 is 5.53. The minimum absolute atomic E-state index is 0.805. The Kier molecular flexibility index (Phi) is 5.49. The summed E-state index contributed by atoms with van der Waals surface area (Å²) in [7, 11) is 0. The second-order valence-electron chi connectivity index (χ2n) is 4.16. The van der Waals surface area contributed by atoms with E-state index in [9.17, 15) is 0 Å². The van der Waals surface area contributed by atoms with Gasteiger partial charge in [0.05, 0.1) is 17.1 Å². The van der Waals surface area contributed by atoms with E-state index >= 15 is 0 Å². The van der Waals surface area contributed by atoms with E-state index in [1.165, 1.54) is 11.8 Å². The van der Waals surface area contributed by atoms with Crippen molar-refractivity contribution in [2.75, 3.05) is 19.0 Å². The molecule has 1 aromatic heterocycles. The van der Waals surface area contributed by atoms with Crippen LogP contribution in [0.1, 0.15) is 19.8 Å². The van der Waals surface area contributed by atoms with Gasteiger partial charge in [-0.15, -0.1) is 11.8 Å². The molecule has 96 valence electrons. The zero-order valence-electron chi connectivity index (χ0n) is 10.8. The van der Waals surface area contributed by atoms with Crippen LogP contribution in [0.3, 0.4) is 0 Å². The van der Waals surface area contributed by atoms with Crippen molar-refractivity contribution in [1.82, 2.24) is 4.98 Å².